The van der Waals surface area contributed by atoms with Crippen molar-refractivity contribution in [2.24, 2.45) is 11.7 Å². The van der Waals surface area contributed by atoms with Crippen LogP contribution < -0.4 is 11.1 Å². The lowest BCUT2D eigenvalue weighted by Gasteiger charge is -2.17. The van der Waals surface area contributed by atoms with Crippen molar-refractivity contribution in [3.63, 3.8) is 0 Å². The second-order valence-corrected chi connectivity index (χ2v) is 8.93. The summed E-state index contributed by atoms with van der Waals surface area (Å²) >= 11 is 1.52. The van der Waals surface area contributed by atoms with Crippen molar-refractivity contribution in [1.29, 1.82) is 0 Å². The Bertz CT molecular complexity index is 1080. The number of fused-ring (bicyclic) bond motifs is 1. The van der Waals surface area contributed by atoms with E-state index in [1.165, 1.54) is 22.0 Å². The maximum atomic E-state index is 11.7. The van der Waals surface area contributed by atoms with Gasteiger partial charge in [-0.2, -0.15) is 0 Å². The fourth-order valence-electron chi connectivity index (χ4n) is 3.92. The SMILES string of the molecule is CCCSc1nc(NCCc2ccccc2)c2nnn(C3C[C@H](C(N)=O)C(O)C3O)c2n1. The first-order valence-corrected chi connectivity index (χ1v) is 11.7. The molecule has 2 heterocycles. The Morgan fingerprint density at radius 2 is 2.03 bits per heavy atom. The molecule has 5 N–H and O–H groups in total. The number of aliphatic hydroxyl groups is 2. The molecule has 11 heteroatoms. The number of carbonyl (C=O) groups is 1. The Labute approximate surface area is 189 Å². The number of hydrogen-bond acceptors (Lipinski definition) is 9. The largest absolute Gasteiger partial charge is 0.390 e. The highest BCUT2D eigenvalue weighted by Crippen LogP contribution is 2.37. The number of carbonyl (C=O) groups excluding carboxylic acids is 1. The topological polar surface area (TPSA) is 152 Å². The van der Waals surface area contributed by atoms with Gasteiger partial charge in [0.15, 0.2) is 22.1 Å². The molecule has 0 saturated heterocycles. The van der Waals surface area contributed by atoms with Crippen molar-refractivity contribution in [2.75, 3.05) is 17.6 Å². The van der Waals surface area contributed by atoms with Gasteiger partial charge in [-0.15, -0.1) is 5.10 Å². The summed E-state index contributed by atoms with van der Waals surface area (Å²) < 4.78 is 1.48. The number of benzene rings is 1. The van der Waals surface area contributed by atoms with Gasteiger partial charge in [0.2, 0.25) is 5.91 Å². The van der Waals surface area contributed by atoms with Crippen molar-refractivity contribution in [2.45, 2.75) is 49.6 Å². The third kappa shape index (κ3) is 4.54. The monoisotopic (exact) mass is 457 g/mol. The molecule has 170 valence electrons. The Balaban J connectivity index is 1.64. The number of hydrogen-bond donors (Lipinski definition) is 4. The van der Waals surface area contributed by atoms with E-state index in [4.69, 9.17) is 5.73 Å². The molecule has 1 aliphatic carbocycles. The molecule has 1 aliphatic rings. The Morgan fingerprint density at radius 3 is 2.72 bits per heavy atom. The smallest absolute Gasteiger partial charge is 0.223 e. The van der Waals surface area contributed by atoms with Gasteiger partial charge in [-0.05, 0) is 24.8 Å². The third-order valence-corrected chi connectivity index (χ3v) is 6.67. The molecule has 4 rings (SSSR count). The maximum Gasteiger partial charge on any atom is 0.223 e. The molecule has 1 amide bonds. The molecule has 0 aliphatic heterocycles. The summed E-state index contributed by atoms with van der Waals surface area (Å²) in [4.78, 5) is 20.9. The lowest BCUT2D eigenvalue weighted by molar-refractivity contribution is -0.125. The van der Waals surface area contributed by atoms with Gasteiger partial charge in [0.25, 0.3) is 0 Å². The normalized spacial score (nSPS) is 23.0. The van der Waals surface area contributed by atoms with E-state index in [0.29, 0.717) is 28.7 Å². The molecule has 1 saturated carbocycles. The third-order valence-electron chi connectivity index (χ3n) is 5.62. The van der Waals surface area contributed by atoms with E-state index in [0.717, 1.165) is 18.6 Å². The summed E-state index contributed by atoms with van der Waals surface area (Å²) in [5.74, 6) is -0.0882. The van der Waals surface area contributed by atoms with E-state index >= 15 is 0 Å². The fraction of sp³-hybridized carbons (Fsp3) is 0.476. The highest BCUT2D eigenvalue weighted by atomic mass is 32.2. The van der Waals surface area contributed by atoms with Gasteiger partial charge in [-0.1, -0.05) is 54.2 Å². The summed E-state index contributed by atoms with van der Waals surface area (Å²) in [7, 11) is 0. The lowest BCUT2D eigenvalue weighted by atomic mass is 10.1. The molecule has 32 heavy (non-hydrogen) atoms. The van der Waals surface area contributed by atoms with Gasteiger partial charge in [-0.25, -0.2) is 14.6 Å². The predicted octanol–water partition coefficient (Wildman–Crippen LogP) is 1.15. The van der Waals surface area contributed by atoms with Crippen LogP contribution in [0.25, 0.3) is 11.2 Å². The highest BCUT2D eigenvalue weighted by molar-refractivity contribution is 7.99. The van der Waals surface area contributed by atoms with Crippen molar-refractivity contribution < 1.29 is 15.0 Å². The van der Waals surface area contributed by atoms with E-state index in [1.807, 2.05) is 18.2 Å². The van der Waals surface area contributed by atoms with Crippen LogP contribution in [-0.2, 0) is 11.2 Å². The summed E-state index contributed by atoms with van der Waals surface area (Å²) in [6.45, 7) is 2.73. The molecule has 10 nitrogen and oxygen atoms in total. The zero-order valence-electron chi connectivity index (χ0n) is 17.8. The maximum absolute atomic E-state index is 11.7. The van der Waals surface area contributed by atoms with Crippen LogP contribution in [-0.4, -0.2) is 65.6 Å². The summed E-state index contributed by atoms with van der Waals surface area (Å²) in [5.41, 5.74) is 7.52. The summed E-state index contributed by atoms with van der Waals surface area (Å²) in [6, 6.07) is 9.46. The molecule has 1 fully saturated rings. The number of primary amides is 1. The molecule has 3 unspecified atom stereocenters. The van der Waals surface area contributed by atoms with Gasteiger partial charge in [0.1, 0.15) is 6.10 Å². The molecule has 0 radical (unpaired) electrons. The van der Waals surface area contributed by atoms with Gasteiger partial charge < -0.3 is 21.3 Å². The first-order chi connectivity index (χ1) is 15.5. The molecular formula is C21H27N7O3S. The van der Waals surface area contributed by atoms with Crippen LogP contribution in [0.4, 0.5) is 5.82 Å². The molecule has 2 aromatic heterocycles. The number of rotatable bonds is 9. The molecule has 4 atom stereocenters. The van der Waals surface area contributed by atoms with Crippen molar-refractivity contribution in [3.8, 4) is 0 Å². The lowest BCUT2D eigenvalue weighted by Crippen LogP contribution is -2.35. The average molecular weight is 458 g/mol. The molecule has 0 bridgehead atoms. The van der Waals surface area contributed by atoms with E-state index in [-0.39, 0.29) is 6.42 Å². The minimum Gasteiger partial charge on any atom is -0.390 e. The van der Waals surface area contributed by atoms with Crippen molar-refractivity contribution in [3.05, 3.63) is 35.9 Å². The Morgan fingerprint density at radius 1 is 1.25 bits per heavy atom. The van der Waals surface area contributed by atoms with Crippen LogP contribution >= 0.6 is 11.8 Å². The molecule has 3 aromatic rings. The predicted molar refractivity (Wildman–Crippen MR) is 121 cm³/mol. The zero-order chi connectivity index (χ0) is 22.7. The van der Waals surface area contributed by atoms with Crippen molar-refractivity contribution in [1.82, 2.24) is 25.0 Å². The number of nitrogens with zero attached hydrogens (tertiary/aromatic N) is 5. The van der Waals surface area contributed by atoms with Gasteiger partial charge >= 0.3 is 0 Å². The number of thioether (sulfide) groups is 1. The second kappa shape index (κ2) is 9.80. The van der Waals surface area contributed by atoms with Crippen LogP contribution in [0.2, 0.25) is 0 Å². The number of anilines is 1. The molecule has 0 spiro atoms. The van der Waals surface area contributed by atoms with Crippen molar-refractivity contribution >= 4 is 34.7 Å². The van der Waals surface area contributed by atoms with Crippen LogP contribution in [0.15, 0.2) is 35.5 Å². The number of nitrogens with one attached hydrogen (secondary N) is 1. The first kappa shape index (κ1) is 22.4. The average Bonchev–Trinajstić information content (AvgIpc) is 3.34. The standard InChI is InChI=1S/C21H27N7O3S/c1-2-10-32-21-24-19(23-9-8-12-6-4-3-5-7-12)15-20(25-21)28(27-26-15)14-11-13(18(22)31)16(29)17(14)30/h3-7,13-14,16-17,29-30H,2,8-11H2,1H3,(H2,22,31)(H,23,24,25)/t13-,14?,16?,17?/m0/s1. The summed E-state index contributed by atoms with van der Waals surface area (Å²) in [6.07, 6.45) is -0.515. The first-order valence-electron chi connectivity index (χ1n) is 10.7. The van der Waals surface area contributed by atoms with E-state index in [2.05, 4.69) is 44.7 Å². The number of aliphatic hydroxyl groups excluding tert-OH is 2. The van der Waals surface area contributed by atoms with Crippen LogP contribution in [0.5, 0.6) is 0 Å². The molecule has 1 aromatic carbocycles. The fourth-order valence-corrected chi connectivity index (χ4v) is 4.61. The number of amides is 1. The zero-order valence-corrected chi connectivity index (χ0v) is 18.6. The second-order valence-electron chi connectivity index (χ2n) is 7.86. The van der Waals surface area contributed by atoms with Gasteiger partial charge in [0.05, 0.1) is 18.1 Å². The minimum atomic E-state index is -1.25. The van der Waals surface area contributed by atoms with Gasteiger partial charge in [-0.3, -0.25) is 4.79 Å². The summed E-state index contributed by atoms with van der Waals surface area (Å²) in [5, 5.41) is 33.2. The number of nitrogens with two attached hydrogens (primary N) is 1. The van der Waals surface area contributed by atoms with Crippen LogP contribution in [0, 0.1) is 5.92 Å². The van der Waals surface area contributed by atoms with Crippen LogP contribution in [0.3, 0.4) is 0 Å². The van der Waals surface area contributed by atoms with E-state index < -0.39 is 30.1 Å². The number of aromatic nitrogens is 5. The molecular weight excluding hydrogens is 430 g/mol. The Hall–Kier alpha value is -2.76. The van der Waals surface area contributed by atoms with Crippen LogP contribution in [0.1, 0.15) is 31.4 Å². The van der Waals surface area contributed by atoms with Gasteiger partial charge in [0, 0.05) is 12.3 Å². The minimum absolute atomic E-state index is 0.161. The quantitative estimate of drug-likeness (QED) is 0.274. The Kier molecular flexibility index (Phi) is 6.87. The highest BCUT2D eigenvalue weighted by Gasteiger charge is 2.46. The van der Waals surface area contributed by atoms with E-state index in [9.17, 15) is 15.0 Å². The van der Waals surface area contributed by atoms with E-state index in [1.54, 1.807) is 0 Å².